The van der Waals surface area contributed by atoms with Crippen molar-refractivity contribution in [2.75, 3.05) is 32.9 Å². The first-order valence-corrected chi connectivity index (χ1v) is 7.29. The number of carbonyl (C=O) groups excluding carboxylic acids is 1. The lowest BCUT2D eigenvalue weighted by molar-refractivity contribution is 0.0917. The highest BCUT2D eigenvalue weighted by molar-refractivity contribution is 5.73. The highest BCUT2D eigenvalue weighted by atomic mass is 16.6. The van der Waals surface area contributed by atoms with Gasteiger partial charge in [0.2, 0.25) is 0 Å². The number of rotatable bonds is 4. The molecule has 1 saturated heterocycles. The van der Waals surface area contributed by atoms with Gasteiger partial charge >= 0.3 is 6.03 Å². The van der Waals surface area contributed by atoms with Crippen molar-refractivity contribution in [3.63, 3.8) is 0 Å². The van der Waals surface area contributed by atoms with Crippen LogP contribution >= 0.6 is 0 Å². The number of benzene rings is 1. The standard InChI is InChI=1S/C15H20N2O4/c18-15(16-7-11-5-6-19-9-11)17-8-12-10-20-13-3-1-2-4-14(13)21-12/h1-4,11-12H,5-10H2,(H2,16,17,18)/t11-,12+/m1/s1. The van der Waals surface area contributed by atoms with Crippen molar-refractivity contribution >= 4 is 6.03 Å². The predicted molar refractivity (Wildman–Crippen MR) is 76.7 cm³/mol. The Morgan fingerprint density at radius 2 is 1.95 bits per heavy atom. The molecule has 0 aliphatic carbocycles. The van der Waals surface area contributed by atoms with Crippen molar-refractivity contribution in [2.24, 2.45) is 5.92 Å². The Morgan fingerprint density at radius 3 is 2.76 bits per heavy atom. The average molecular weight is 292 g/mol. The molecular weight excluding hydrogens is 272 g/mol. The number of hydrogen-bond acceptors (Lipinski definition) is 4. The van der Waals surface area contributed by atoms with Gasteiger partial charge < -0.3 is 24.8 Å². The number of para-hydroxylation sites is 2. The van der Waals surface area contributed by atoms with Gasteiger partial charge in [0.25, 0.3) is 0 Å². The van der Waals surface area contributed by atoms with E-state index in [9.17, 15) is 4.79 Å². The molecule has 6 nitrogen and oxygen atoms in total. The number of amides is 2. The molecule has 0 spiro atoms. The van der Waals surface area contributed by atoms with Crippen LogP contribution in [0.1, 0.15) is 6.42 Å². The van der Waals surface area contributed by atoms with E-state index in [-0.39, 0.29) is 12.1 Å². The first-order valence-electron chi connectivity index (χ1n) is 7.29. The molecule has 2 amide bonds. The fourth-order valence-corrected chi connectivity index (χ4v) is 2.41. The van der Waals surface area contributed by atoms with Gasteiger partial charge in [0.15, 0.2) is 17.6 Å². The Morgan fingerprint density at radius 1 is 1.14 bits per heavy atom. The molecule has 2 aliphatic heterocycles. The smallest absolute Gasteiger partial charge is 0.314 e. The van der Waals surface area contributed by atoms with E-state index in [0.29, 0.717) is 25.6 Å². The zero-order valence-electron chi connectivity index (χ0n) is 11.8. The van der Waals surface area contributed by atoms with E-state index in [1.54, 1.807) is 0 Å². The van der Waals surface area contributed by atoms with E-state index >= 15 is 0 Å². The number of ether oxygens (including phenoxy) is 3. The Balaban J connectivity index is 1.38. The Hall–Kier alpha value is -1.95. The summed E-state index contributed by atoms with van der Waals surface area (Å²) in [5.41, 5.74) is 0. The maximum Gasteiger partial charge on any atom is 0.314 e. The van der Waals surface area contributed by atoms with Gasteiger partial charge in [0.1, 0.15) is 6.61 Å². The zero-order chi connectivity index (χ0) is 14.5. The number of nitrogens with one attached hydrogen (secondary N) is 2. The third kappa shape index (κ3) is 3.78. The summed E-state index contributed by atoms with van der Waals surface area (Å²) in [5.74, 6) is 1.90. The van der Waals surface area contributed by atoms with Gasteiger partial charge in [-0.2, -0.15) is 0 Å². The Bertz CT molecular complexity index is 488. The molecule has 1 aromatic rings. The lowest BCUT2D eigenvalue weighted by atomic mass is 10.1. The van der Waals surface area contributed by atoms with Gasteiger partial charge in [-0.15, -0.1) is 0 Å². The predicted octanol–water partition coefficient (Wildman–Crippen LogP) is 1.16. The van der Waals surface area contributed by atoms with Crippen molar-refractivity contribution in [3.8, 4) is 11.5 Å². The summed E-state index contributed by atoms with van der Waals surface area (Å²) >= 11 is 0. The van der Waals surface area contributed by atoms with Crippen molar-refractivity contribution in [3.05, 3.63) is 24.3 Å². The molecular formula is C15H20N2O4. The maximum atomic E-state index is 11.7. The second kappa shape index (κ2) is 6.67. The van der Waals surface area contributed by atoms with Gasteiger partial charge in [-0.3, -0.25) is 0 Å². The lowest BCUT2D eigenvalue weighted by Crippen LogP contribution is -2.45. The van der Waals surface area contributed by atoms with Crippen LogP contribution in [0, 0.1) is 5.92 Å². The average Bonchev–Trinajstić information content (AvgIpc) is 3.04. The van der Waals surface area contributed by atoms with Gasteiger partial charge in [-0.25, -0.2) is 4.79 Å². The van der Waals surface area contributed by atoms with E-state index < -0.39 is 0 Å². The molecule has 21 heavy (non-hydrogen) atoms. The molecule has 6 heteroatoms. The third-order valence-electron chi connectivity index (χ3n) is 3.63. The minimum absolute atomic E-state index is 0.166. The molecule has 0 unspecified atom stereocenters. The first-order chi connectivity index (χ1) is 10.3. The monoisotopic (exact) mass is 292 g/mol. The highest BCUT2D eigenvalue weighted by Crippen LogP contribution is 2.30. The first kappa shape index (κ1) is 14.0. The van der Waals surface area contributed by atoms with Crippen molar-refractivity contribution in [1.29, 1.82) is 0 Å². The zero-order valence-corrected chi connectivity index (χ0v) is 11.8. The van der Waals surface area contributed by atoms with Crippen LogP contribution < -0.4 is 20.1 Å². The summed E-state index contributed by atoms with van der Waals surface area (Å²) in [5, 5.41) is 5.67. The number of carbonyl (C=O) groups is 1. The SMILES string of the molecule is O=C(NC[C@H]1CCOC1)NC[C@H]1COc2ccccc2O1. The molecule has 3 rings (SSSR count). The van der Waals surface area contributed by atoms with Gasteiger partial charge in [0.05, 0.1) is 13.2 Å². The topological polar surface area (TPSA) is 68.8 Å². The van der Waals surface area contributed by atoms with E-state index in [1.165, 1.54) is 0 Å². The van der Waals surface area contributed by atoms with Crippen molar-refractivity contribution in [2.45, 2.75) is 12.5 Å². The van der Waals surface area contributed by atoms with Crippen molar-refractivity contribution in [1.82, 2.24) is 10.6 Å². The number of fused-ring (bicyclic) bond motifs is 1. The summed E-state index contributed by atoms with van der Waals surface area (Å²) in [6.07, 6.45) is 0.844. The largest absolute Gasteiger partial charge is 0.486 e. The van der Waals surface area contributed by atoms with Gasteiger partial charge in [-0.1, -0.05) is 12.1 Å². The molecule has 2 atom stereocenters. The van der Waals surface area contributed by atoms with Crippen LogP contribution in [0.3, 0.4) is 0 Å². The molecule has 0 aromatic heterocycles. The highest BCUT2D eigenvalue weighted by Gasteiger charge is 2.21. The van der Waals surface area contributed by atoms with E-state index in [0.717, 1.165) is 31.1 Å². The van der Waals surface area contributed by atoms with E-state index in [4.69, 9.17) is 14.2 Å². The van der Waals surface area contributed by atoms with Gasteiger partial charge in [0, 0.05) is 19.1 Å². The van der Waals surface area contributed by atoms with E-state index in [2.05, 4.69) is 10.6 Å². The molecule has 0 radical (unpaired) electrons. The summed E-state index contributed by atoms with van der Waals surface area (Å²) in [6.45, 7) is 3.03. The molecule has 2 heterocycles. The summed E-state index contributed by atoms with van der Waals surface area (Å²) < 4.78 is 16.6. The van der Waals surface area contributed by atoms with Crippen LogP contribution in [0.15, 0.2) is 24.3 Å². The van der Waals surface area contributed by atoms with Crippen LogP contribution in [0.25, 0.3) is 0 Å². The van der Waals surface area contributed by atoms with Crippen LogP contribution in [0.4, 0.5) is 4.79 Å². The van der Waals surface area contributed by atoms with Gasteiger partial charge in [-0.05, 0) is 18.6 Å². The molecule has 2 N–H and O–H groups in total. The van der Waals surface area contributed by atoms with Crippen LogP contribution in [0.5, 0.6) is 11.5 Å². The quantitative estimate of drug-likeness (QED) is 0.874. The fraction of sp³-hybridized carbons (Fsp3) is 0.533. The summed E-state index contributed by atoms with van der Waals surface area (Å²) in [6, 6.07) is 7.36. The van der Waals surface area contributed by atoms with Crippen LogP contribution in [-0.4, -0.2) is 45.0 Å². The number of hydrogen-bond donors (Lipinski definition) is 2. The molecule has 114 valence electrons. The fourth-order valence-electron chi connectivity index (χ4n) is 2.41. The number of urea groups is 1. The normalized spacial score (nSPS) is 23.6. The van der Waals surface area contributed by atoms with Crippen LogP contribution in [-0.2, 0) is 4.74 Å². The molecule has 2 aliphatic rings. The molecule has 0 saturated carbocycles. The lowest BCUT2D eigenvalue weighted by Gasteiger charge is -2.26. The second-order valence-corrected chi connectivity index (χ2v) is 5.32. The Labute approximate surface area is 123 Å². The maximum absolute atomic E-state index is 11.7. The molecule has 0 bridgehead atoms. The van der Waals surface area contributed by atoms with Crippen LogP contribution in [0.2, 0.25) is 0 Å². The minimum Gasteiger partial charge on any atom is -0.486 e. The Kier molecular flexibility index (Phi) is 4.45. The summed E-state index contributed by atoms with van der Waals surface area (Å²) in [4.78, 5) is 11.7. The molecule has 1 aromatic carbocycles. The summed E-state index contributed by atoms with van der Waals surface area (Å²) in [7, 11) is 0. The second-order valence-electron chi connectivity index (χ2n) is 5.32. The third-order valence-corrected chi connectivity index (χ3v) is 3.63. The van der Waals surface area contributed by atoms with E-state index in [1.807, 2.05) is 24.3 Å². The minimum atomic E-state index is -0.177. The van der Waals surface area contributed by atoms with Crippen molar-refractivity contribution < 1.29 is 19.0 Å². The molecule has 1 fully saturated rings.